The molecule has 0 radical (unpaired) electrons. The largest absolute Gasteiger partial charge is 0.385 e. The van der Waals surface area contributed by atoms with E-state index in [4.69, 9.17) is 4.74 Å². The average molecular weight is 275 g/mol. The van der Waals surface area contributed by atoms with E-state index in [0.717, 1.165) is 6.42 Å². The van der Waals surface area contributed by atoms with Crippen LogP contribution in [0.4, 0.5) is 0 Å². The van der Waals surface area contributed by atoms with Gasteiger partial charge < -0.3 is 10.1 Å². The molecule has 1 amide bonds. The molecule has 1 heterocycles. The molecule has 1 aromatic heterocycles. The van der Waals surface area contributed by atoms with Crippen molar-refractivity contribution >= 4 is 16.8 Å². The van der Waals surface area contributed by atoms with Crippen LogP contribution in [-0.4, -0.2) is 35.7 Å². The topological polar surface area (TPSA) is 73.2 Å². The Morgan fingerprint density at radius 1 is 1.40 bits per heavy atom. The fourth-order valence-electron chi connectivity index (χ4n) is 1.87. The van der Waals surface area contributed by atoms with Crippen molar-refractivity contribution in [2.45, 2.75) is 13.0 Å². The maximum atomic E-state index is 12.2. The highest BCUT2D eigenvalue weighted by atomic mass is 16.5. The standard InChI is InChI=1S/C14H17N3O3/c1-20-8-4-7-15-13(18)9-17-10-16-12-6-3-2-5-11(12)14(17)19/h2-3,5-6,10H,4,7-9H2,1H3,(H,15,18). The molecule has 0 unspecified atom stereocenters. The maximum absolute atomic E-state index is 12.2. The molecule has 0 atom stereocenters. The van der Waals surface area contributed by atoms with Crippen LogP contribution in [0.2, 0.25) is 0 Å². The first-order valence-electron chi connectivity index (χ1n) is 6.42. The summed E-state index contributed by atoms with van der Waals surface area (Å²) in [6.45, 7) is 1.10. The van der Waals surface area contributed by atoms with Crippen molar-refractivity contribution in [2.24, 2.45) is 0 Å². The molecule has 2 rings (SSSR count). The van der Waals surface area contributed by atoms with E-state index < -0.39 is 0 Å². The number of benzene rings is 1. The highest BCUT2D eigenvalue weighted by Gasteiger charge is 2.07. The second-order valence-corrected chi connectivity index (χ2v) is 4.39. The lowest BCUT2D eigenvalue weighted by atomic mass is 10.2. The second-order valence-electron chi connectivity index (χ2n) is 4.39. The summed E-state index contributed by atoms with van der Waals surface area (Å²) >= 11 is 0. The Balaban J connectivity index is 2.04. The molecule has 0 fully saturated rings. The number of carbonyl (C=O) groups is 1. The van der Waals surface area contributed by atoms with E-state index in [1.807, 2.05) is 6.07 Å². The number of methoxy groups -OCH3 is 1. The van der Waals surface area contributed by atoms with Crippen LogP contribution in [0, 0.1) is 0 Å². The molecule has 0 saturated carbocycles. The molecular formula is C14H17N3O3. The summed E-state index contributed by atoms with van der Waals surface area (Å²) in [5, 5.41) is 3.25. The van der Waals surface area contributed by atoms with Crippen LogP contribution in [0.3, 0.4) is 0 Å². The summed E-state index contributed by atoms with van der Waals surface area (Å²) in [5.41, 5.74) is 0.428. The molecule has 0 saturated heterocycles. The van der Waals surface area contributed by atoms with E-state index in [0.29, 0.717) is 24.1 Å². The number of aromatic nitrogens is 2. The zero-order chi connectivity index (χ0) is 14.4. The normalized spacial score (nSPS) is 10.7. The Morgan fingerprint density at radius 2 is 2.20 bits per heavy atom. The average Bonchev–Trinajstić information content (AvgIpc) is 2.47. The third-order valence-corrected chi connectivity index (χ3v) is 2.89. The lowest BCUT2D eigenvalue weighted by Gasteiger charge is -2.07. The molecule has 106 valence electrons. The number of rotatable bonds is 6. The molecule has 1 N–H and O–H groups in total. The van der Waals surface area contributed by atoms with Gasteiger partial charge in [0.05, 0.1) is 17.2 Å². The van der Waals surface area contributed by atoms with Crippen molar-refractivity contribution in [3.8, 4) is 0 Å². The van der Waals surface area contributed by atoms with E-state index in [-0.39, 0.29) is 18.0 Å². The van der Waals surface area contributed by atoms with Gasteiger partial charge in [-0.3, -0.25) is 14.2 Å². The van der Waals surface area contributed by atoms with Crippen molar-refractivity contribution in [3.05, 3.63) is 40.9 Å². The molecule has 0 aliphatic carbocycles. The predicted molar refractivity (Wildman–Crippen MR) is 75.5 cm³/mol. The number of hydrogen-bond acceptors (Lipinski definition) is 4. The number of carbonyl (C=O) groups excluding carboxylic acids is 1. The zero-order valence-electron chi connectivity index (χ0n) is 11.3. The fourth-order valence-corrected chi connectivity index (χ4v) is 1.87. The Hall–Kier alpha value is -2.21. The maximum Gasteiger partial charge on any atom is 0.261 e. The second kappa shape index (κ2) is 6.81. The SMILES string of the molecule is COCCCNC(=O)Cn1cnc2ccccc2c1=O. The Kier molecular flexibility index (Phi) is 4.84. The number of nitrogens with one attached hydrogen (secondary N) is 1. The first-order chi connectivity index (χ1) is 9.72. The predicted octanol–water partition coefficient (Wildman–Crippen LogP) is 0.549. The summed E-state index contributed by atoms with van der Waals surface area (Å²) in [6, 6.07) is 7.08. The first kappa shape index (κ1) is 14.2. The minimum absolute atomic E-state index is 0.0242. The van der Waals surface area contributed by atoms with Crippen LogP contribution in [0.5, 0.6) is 0 Å². The highest BCUT2D eigenvalue weighted by molar-refractivity contribution is 5.78. The van der Waals surface area contributed by atoms with Crippen molar-refractivity contribution < 1.29 is 9.53 Å². The van der Waals surface area contributed by atoms with Crippen molar-refractivity contribution in [2.75, 3.05) is 20.3 Å². The fraction of sp³-hybridized carbons (Fsp3) is 0.357. The third-order valence-electron chi connectivity index (χ3n) is 2.89. The molecule has 0 aliphatic heterocycles. The van der Waals surface area contributed by atoms with E-state index in [9.17, 15) is 9.59 Å². The molecule has 6 nitrogen and oxygen atoms in total. The first-order valence-corrected chi connectivity index (χ1v) is 6.42. The molecule has 2 aromatic rings. The minimum atomic E-state index is -0.208. The number of hydrogen-bond donors (Lipinski definition) is 1. The molecule has 20 heavy (non-hydrogen) atoms. The van der Waals surface area contributed by atoms with Gasteiger partial charge in [-0.25, -0.2) is 4.98 Å². The number of fused-ring (bicyclic) bond motifs is 1. The van der Waals surface area contributed by atoms with Crippen LogP contribution >= 0.6 is 0 Å². The van der Waals surface area contributed by atoms with E-state index >= 15 is 0 Å². The monoisotopic (exact) mass is 275 g/mol. The lowest BCUT2D eigenvalue weighted by Crippen LogP contribution is -2.33. The van der Waals surface area contributed by atoms with Gasteiger partial charge in [0.15, 0.2) is 0 Å². The van der Waals surface area contributed by atoms with Gasteiger partial charge in [-0.15, -0.1) is 0 Å². The number of amides is 1. The van der Waals surface area contributed by atoms with Crippen LogP contribution in [0.25, 0.3) is 10.9 Å². The van der Waals surface area contributed by atoms with Gasteiger partial charge >= 0.3 is 0 Å². The van der Waals surface area contributed by atoms with Gasteiger partial charge in [-0.2, -0.15) is 0 Å². The molecule has 0 bridgehead atoms. The van der Waals surface area contributed by atoms with E-state index in [1.165, 1.54) is 10.9 Å². The molecule has 0 spiro atoms. The molecule has 6 heteroatoms. The van der Waals surface area contributed by atoms with Gasteiger partial charge in [0.25, 0.3) is 5.56 Å². The summed E-state index contributed by atoms with van der Waals surface area (Å²) in [7, 11) is 1.61. The Labute approximate surface area is 116 Å². The van der Waals surface area contributed by atoms with E-state index in [1.54, 1.807) is 25.3 Å². The van der Waals surface area contributed by atoms with Crippen LogP contribution in [0.15, 0.2) is 35.4 Å². The number of para-hydroxylation sites is 1. The number of nitrogens with zero attached hydrogens (tertiary/aromatic N) is 2. The van der Waals surface area contributed by atoms with Crippen molar-refractivity contribution in [3.63, 3.8) is 0 Å². The van der Waals surface area contributed by atoms with Gasteiger partial charge in [0.2, 0.25) is 5.91 Å². The Bertz CT molecular complexity index is 651. The lowest BCUT2D eigenvalue weighted by molar-refractivity contribution is -0.121. The van der Waals surface area contributed by atoms with Crippen molar-refractivity contribution in [1.82, 2.24) is 14.9 Å². The van der Waals surface area contributed by atoms with Gasteiger partial charge in [-0.1, -0.05) is 12.1 Å². The summed E-state index contributed by atoms with van der Waals surface area (Å²) in [4.78, 5) is 28.1. The van der Waals surface area contributed by atoms with Crippen molar-refractivity contribution in [1.29, 1.82) is 0 Å². The third kappa shape index (κ3) is 3.42. The highest BCUT2D eigenvalue weighted by Crippen LogP contribution is 2.04. The van der Waals surface area contributed by atoms with Gasteiger partial charge in [-0.05, 0) is 18.6 Å². The summed E-state index contributed by atoms with van der Waals surface area (Å²) in [6.07, 6.45) is 2.15. The number of ether oxygens (including phenoxy) is 1. The molecular weight excluding hydrogens is 258 g/mol. The molecule has 1 aromatic carbocycles. The van der Waals surface area contributed by atoms with Gasteiger partial charge in [0, 0.05) is 20.3 Å². The smallest absolute Gasteiger partial charge is 0.261 e. The summed E-state index contributed by atoms with van der Waals surface area (Å²) < 4.78 is 6.21. The van der Waals surface area contributed by atoms with Crippen LogP contribution < -0.4 is 10.9 Å². The van der Waals surface area contributed by atoms with Gasteiger partial charge in [0.1, 0.15) is 6.54 Å². The summed E-state index contributed by atoms with van der Waals surface area (Å²) in [5.74, 6) is -0.208. The van der Waals surface area contributed by atoms with Crippen LogP contribution in [0.1, 0.15) is 6.42 Å². The van der Waals surface area contributed by atoms with E-state index in [2.05, 4.69) is 10.3 Å². The Morgan fingerprint density at radius 3 is 3.00 bits per heavy atom. The quantitative estimate of drug-likeness (QED) is 0.781. The minimum Gasteiger partial charge on any atom is -0.385 e. The molecule has 0 aliphatic rings. The van der Waals surface area contributed by atoms with Crippen LogP contribution in [-0.2, 0) is 16.1 Å². The zero-order valence-corrected chi connectivity index (χ0v) is 11.3.